The number of carbonyl (C=O) groups excluding carboxylic acids is 1. The van der Waals surface area contributed by atoms with Crippen LogP contribution in [0.4, 0.5) is 0 Å². The Bertz CT molecular complexity index is 726. The van der Waals surface area contributed by atoms with Gasteiger partial charge in [0.25, 0.3) is 0 Å². The molecule has 0 amide bonds. The van der Waals surface area contributed by atoms with Crippen LogP contribution in [0.3, 0.4) is 0 Å². The SMILES string of the molecule is COc1ccc(C(=O)c2cccc3ccsc23)cc1. The van der Waals surface area contributed by atoms with Crippen LogP contribution in [-0.2, 0) is 0 Å². The van der Waals surface area contributed by atoms with Gasteiger partial charge in [-0.15, -0.1) is 11.3 Å². The van der Waals surface area contributed by atoms with Crippen LogP contribution < -0.4 is 4.74 Å². The van der Waals surface area contributed by atoms with E-state index in [2.05, 4.69) is 0 Å². The lowest BCUT2D eigenvalue weighted by molar-refractivity contribution is 0.104. The summed E-state index contributed by atoms with van der Waals surface area (Å²) in [5.74, 6) is 0.807. The van der Waals surface area contributed by atoms with Crippen molar-refractivity contribution in [3.63, 3.8) is 0 Å². The summed E-state index contributed by atoms with van der Waals surface area (Å²) in [5, 5.41) is 3.12. The molecular weight excluding hydrogens is 256 g/mol. The fraction of sp³-hybridized carbons (Fsp3) is 0.0625. The van der Waals surface area contributed by atoms with Crippen molar-refractivity contribution in [1.29, 1.82) is 0 Å². The van der Waals surface area contributed by atoms with Crippen molar-refractivity contribution in [3.8, 4) is 5.75 Å². The summed E-state index contributed by atoms with van der Waals surface area (Å²) in [6.45, 7) is 0. The van der Waals surface area contributed by atoms with Crippen molar-refractivity contribution in [2.45, 2.75) is 0 Å². The Hall–Kier alpha value is -2.13. The zero-order valence-corrected chi connectivity index (χ0v) is 11.2. The summed E-state index contributed by atoms with van der Waals surface area (Å²) < 4.78 is 6.15. The lowest BCUT2D eigenvalue weighted by Crippen LogP contribution is -2.01. The highest BCUT2D eigenvalue weighted by atomic mass is 32.1. The zero-order chi connectivity index (χ0) is 13.2. The van der Waals surface area contributed by atoms with Gasteiger partial charge in [0.15, 0.2) is 5.78 Å². The van der Waals surface area contributed by atoms with Crippen LogP contribution in [0.5, 0.6) is 5.75 Å². The van der Waals surface area contributed by atoms with Crippen molar-refractivity contribution in [3.05, 3.63) is 65.0 Å². The number of ether oxygens (including phenoxy) is 1. The van der Waals surface area contributed by atoms with Gasteiger partial charge in [-0.1, -0.05) is 12.1 Å². The van der Waals surface area contributed by atoms with E-state index in [1.807, 2.05) is 41.8 Å². The molecule has 0 unspecified atom stereocenters. The number of methoxy groups -OCH3 is 1. The molecule has 0 saturated carbocycles. The van der Waals surface area contributed by atoms with Gasteiger partial charge in [0.1, 0.15) is 5.75 Å². The minimum absolute atomic E-state index is 0.0516. The Morgan fingerprint density at radius 1 is 1.05 bits per heavy atom. The van der Waals surface area contributed by atoms with Crippen molar-refractivity contribution >= 4 is 27.2 Å². The van der Waals surface area contributed by atoms with Gasteiger partial charge in [-0.2, -0.15) is 0 Å². The summed E-state index contributed by atoms with van der Waals surface area (Å²) in [6, 6.07) is 15.1. The Morgan fingerprint density at radius 2 is 1.84 bits per heavy atom. The van der Waals surface area contributed by atoms with Crippen molar-refractivity contribution < 1.29 is 9.53 Å². The topological polar surface area (TPSA) is 26.3 Å². The molecule has 0 bridgehead atoms. The van der Waals surface area contributed by atoms with E-state index < -0.39 is 0 Å². The van der Waals surface area contributed by atoms with Gasteiger partial charge in [0, 0.05) is 15.8 Å². The predicted octanol–water partition coefficient (Wildman–Crippen LogP) is 4.14. The number of carbonyl (C=O) groups is 1. The second-order valence-electron chi connectivity index (χ2n) is 4.20. The number of benzene rings is 2. The molecule has 0 saturated heterocycles. The minimum Gasteiger partial charge on any atom is -0.497 e. The highest BCUT2D eigenvalue weighted by molar-refractivity contribution is 7.17. The van der Waals surface area contributed by atoms with Gasteiger partial charge in [0.05, 0.1) is 7.11 Å². The van der Waals surface area contributed by atoms with Crippen LogP contribution in [0.1, 0.15) is 15.9 Å². The van der Waals surface area contributed by atoms with Crippen LogP contribution in [0.15, 0.2) is 53.9 Å². The molecule has 0 atom stereocenters. The van der Waals surface area contributed by atoms with Gasteiger partial charge in [-0.3, -0.25) is 4.79 Å². The van der Waals surface area contributed by atoms with Gasteiger partial charge >= 0.3 is 0 Å². The molecule has 1 heterocycles. The number of hydrogen-bond donors (Lipinski definition) is 0. The van der Waals surface area contributed by atoms with E-state index in [4.69, 9.17) is 4.74 Å². The van der Waals surface area contributed by atoms with Gasteiger partial charge in [-0.25, -0.2) is 0 Å². The Balaban J connectivity index is 2.05. The van der Waals surface area contributed by atoms with Gasteiger partial charge in [0.2, 0.25) is 0 Å². The van der Waals surface area contributed by atoms with E-state index >= 15 is 0 Å². The quantitative estimate of drug-likeness (QED) is 0.667. The third-order valence-corrected chi connectivity index (χ3v) is 4.04. The van der Waals surface area contributed by atoms with E-state index in [0.717, 1.165) is 21.4 Å². The van der Waals surface area contributed by atoms with Crippen LogP contribution >= 0.6 is 11.3 Å². The Labute approximate surface area is 115 Å². The number of hydrogen-bond acceptors (Lipinski definition) is 3. The van der Waals surface area contributed by atoms with E-state index in [0.29, 0.717) is 5.56 Å². The third kappa shape index (κ3) is 2.13. The minimum atomic E-state index is 0.0516. The van der Waals surface area contributed by atoms with Crippen LogP contribution in [0.25, 0.3) is 10.1 Å². The first-order valence-electron chi connectivity index (χ1n) is 5.94. The normalized spacial score (nSPS) is 10.6. The molecule has 3 heteroatoms. The number of thiophene rings is 1. The predicted molar refractivity (Wildman–Crippen MR) is 78.3 cm³/mol. The molecule has 1 aromatic heterocycles. The maximum absolute atomic E-state index is 12.5. The molecule has 19 heavy (non-hydrogen) atoms. The lowest BCUT2D eigenvalue weighted by atomic mass is 10.0. The van der Waals surface area contributed by atoms with E-state index in [-0.39, 0.29) is 5.78 Å². The lowest BCUT2D eigenvalue weighted by Gasteiger charge is -2.04. The molecular formula is C16H12O2S. The first-order chi connectivity index (χ1) is 9.29. The third-order valence-electron chi connectivity index (χ3n) is 3.08. The second-order valence-corrected chi connectivity index (χ2v) is 5.12. The summed E-state index contributed by atoms with van der Waals surface area (Å²) in [5.41, 5.74) is 1.44. The van der Waals surface area contributed by atoms with Crippen molar-refractivity contribution in [2.75, 3.05) is 7.11 Å². The highest BCUT2D eigenvalue weighted by Crippen LogP contribution is 2.27. The number of rotatable bonds is 3. The molecule has 2 nitrogen and oxygen atoms in total. The van der Waals surface area contributed by atoms with E-state index in [1.54, 1.807) is 30.6 Å². The first-order valence-corrected chi connectivity index (χ1v) is 6.82. The smallest absolute Gasteiger partial charge is 0.194 e. The summed E-state index contributed by atoms with van der Waals surface area (Å²) in [6.07, 6.45) is 0. The molecule has 3 rings (SSSR count). The second kappa shape index (κ2) is 4.86. The fourth-order valence-electron chi connectivity index (χ4n) is 2.07. The molecule has 0 spiro atoms. The van der Waals surface area contributed by atoms with Gasteiger partial charge in [-0.05, 0) is 47.2 Å². The maximum Gasteiger partial charge on any atom is 0.194 e. The first kappa shape index (κ1) is 11.9. The van der Waals surface area contributed by atoms with Crippen LogP contribution in [0, 0.1) is 0 Å². The fourth-order valence-corrected chi connectivity index (χ4v) is 2.98. The van der Waals surface area contributed by atoms with Crippen molar-refractivity contribution in [2.24, 2.45) is 0 Å². The number of ketones is 1. The molecule has 0 aliphatic heterocycles. The van der Waals surface area contributed by atoms with Crippen molar-refractivity contribution in [1.82, 2.24) is 0 Å². The summed E-state index contributed by atoms with van der Waals surface area (Å²) in [7, 11) is 1.61. The number of fused-ring (bicyclic) bond motifs is 1. The Kier molecular flexibility index (Phi) is 3.05. The average molecular weight is 268 g/mol. The molecule has 2 aromatic carbocycles. The molecule has 0 fully saturated rings. The zero-order valence-electron chi connectivity index (χ0n) is 10.4. The molecule has 94 valence electrons. The molecule has 0 aliphatic rings. The molecule has 3 aromatic rings. The molecule has 0 aliphatic carbocycles. The molecule has 0 radical (unpaired) electrons. The molecule has 0 N–H and O–H groups in total. The largest absolute Gasteiger partial charge is 0.497 e. The summed E-state index contributed by atoms with van der Waals surface area (Å²) in [4.78, 5) is 12.5. The van der Waals surface area contributed by atoms with E-state index in [1.165, 1.54) is 0 Å². The van der Waals surface area contributed by atoms with Crippen LogP contribution in [0.2, 0.25) is 0 Å². The van der Waals surface area contributed by atoms with E-state index in [9.17, 15) is 4.79 Å². The Morgan fingerprint density at radius 3 is 2.58 bits per heavy atom. The monoisotopic (exact) mass is 268 g/mol. The maximum atomic E-state index is 12.5. The average Bonchev–Trinajstić information content (AvgIpc) is 2.95. The standard InChI is InChI=1S/C16H12O2S/c1-18-13-7-5-11(6-8-13)15(17)14-4-2-3-12-9-10-19-16(12)14/h2-10H,1H3. The van der Waals surface area contributed by atoms with Crippen LogP contribution in [-0.4, -0.2) is 12.9 Å². The summed E-state index contributed by atoms with van der Waals surface area (Å²) >= 11 is 1.60. The van der Waals surface area contributed by atoms with Gasteiger partial charge < -0.3 is 4.74 Å². The highest BCUT2D eigenvalue weighted by Gasteiger charge is 2.13.